The SMILES string of the molecule is CCOc1cnn(-c2ccccc2/C(N)=N/O)c1. The minimum atomic E-state index is 0.0408. The zero-order valence-corrected chi connectivity index (χ0v) is 9.95. The Labute approximate surface area is 104 Å². The lowest BCUT2D eigenvalue weighted by Gasteiger charge is -2.07. The topological polar surface area (TPSA) is 85.7 Å². The Morgan fingerprint density at radius 2 is 2.28 bits per heavy atom. The number of nitrogens with zero attached hydrogens (tertiary/aromatic N) is 3. The van der Waals surface area contributed by atoms with E-state index in [2.05, 4.69) is 10.3 Å². The second-order valence-electron chi connectivity index (χ2n) is 3.56. The fraction of sp³-hybridized carbons (Fsp3) is 0.167. The molecule has 0 aliphatic rings. The summed E-state index contributed by atoms with van der Waals surface area (Å²) in [5, 5.41) is 15.9. The molecule has 6 heteroatoms. The summed E-state index contributed by atoms with van der Waals surface area (Å²) < 4.78 is 6.96. The number of benzene rings is 1. The molecule has 94 valence electrons. The van der Waals surface area contributed by atoms with Crippen molar-refractivity contribution in [3.05, 3.63) is 42.2 Å². The van der Waals surface area contributed by atoms with Crippen LogP contribution in [-0.4, -0.2) is 27.4 Å². The van der Waals surface area contributed by atoms with Crippen LogP contribution in [0.2, 0.25) is 0 Å². The van der Waals surface area contributed by atoms with Gasteiger partial charge in [0.05, 0.1) is 24.7 Å². The fourth-order valence-electron chi connectivity index (χ4n) is 1.62. The van der Waals surface area contributed by atoms with E-state index in [1.54, 1.807) is 23.1 Å². The molecule has 0 spiro atoms. The van der Waals surface area contributed by atoms with Gasteiger partial charge in [0.2, 0.25) is 0 Å². The predicted octanol–water partition coefficient (Wildman–Crippen LogP) is 1.37. The molecule has 0 bridgehead atoms. The van der Waals surface area contributed by atoms with Crippen molar-refractivity contribution >= 4 is 5.84 Å². The maximum Gasteiger partial charge on any atom is 0.172 e. The van der Waals surface area contributed by atoms with E-state index in [4.69, 9.17) is 15.7 Å². The molecule has 0 amide bonds. The Morgan fingerprint density at radius 3 is 3.00 bits per heavy atom. The molecule has 1 heterocycles. The smallest absolute Gasteiger partial charge is 0.172 e. The molecule has 1 aromatic heterocycles. The number of rotatable bonds is 4. The first-order chi connectivity index (χ1) is 8.76. The van der Waals surface area contributed by atoms with E-state index in [-0.39, 0.29) is 5.84 Å². The van der Waals surface area contributed by atoms with Crippen molar-refractivity contribution < 1.29 is 9.94 Å². The number of hydrogen-bond donors (Lipinski definition) is 2. The second-order valence-corrected chi connectivity index (χ2v) is 3.56. The summed E-state index contributed by atoms with van der Waals surface area (Å²) in [6.07, 6.45) is 3.36. The van der Waals surface area contributed by atoms with Crippen LogP contribution in [0.5, 0.6) is 5.75 Å². The molecule has 3 N–H and O–H groups in total. The summed E-state index contributed by atoms with van der Waals surface area (Å²) in [4.78, 5) is 0. The number of hydrogen-bond acceptors (Lipinski definition) is 4. The molecule has 0 saturated carbocycles. The standard InChI is InChI=1S/C12H14N4O2/c1-2-18-9-7-14-16(8-9)11-6-4-3-5-10(11)12(13)15-17/h3-8,17H,2H2,1H3,(H2,13,15). The monoisotopic (exact) mass is 246 g/mol. The highest BCUT2D eigenvalue weighted by atomic mass is 16.5. The van der Waals surface area contributed by atoms with Crippen LogP contribution in [0.4, 0.5) is 0 Å². The molecular weight excluding hydrogens is 232 g/mol. The van der Waals surface area contributed by atoms with E-state index >= 15 is 0 Å². The maximum absolute atomic E-state index is 8.76. The Bertz CT molecular complexity index is 563. The van der Waals surface area contributed by atoms with Gasteiger partial charge >= 0.3 is 0 Å². The van der Waals surface area contributed by atoms with Gasteiger partial charge in [0, 0.05) is 5.56 Å². The zero-order valence-electron chi connectivity index (χ0n) is 9.95. The van der Waals surface area contributed by atoms with Gasteiger partial charge in [-0.15, -0.1) is 0 Å². The predicted molar refractivity (Wildman–Crippen MR) is 67.2 cm³/mol. The lowest BCUT2D eigenvalue weighted by molar-refractivity contribution is 0.318. The van der Waals surface area contributed by atoms with Crippen molar-refractivity contribution in [3.63, 3.8) is 0 Å². The van der Waals surface area contributed by atoms with Crippen molar-refractivity contribution in [2.24, 2.45) is 10.9 Å². The molecule has 0 saturated heterocycles. The Morgan fingerprint density at radius 1 is 1.50 bits per heavy atom. The van der Waals surface area contributed by atoms with Crippen molar-refractivity contribution in [1.29, 1.82) is 0 Å². The van der Waals surface area contributed by atoms with Crippen molar-refractivity contribution in [1.82, 2.24) is 9.78 Å². The van der Waals surface area contributed by atoms with Crippen LogP contribution in [0, 0.1) is 0 Å². The normalized spacial score (nSPS) is 11.5. The summed E-state index contributed by atoms with van der Waals surface area (Å²) in [6, 6.07) is 7.25. The van der Waals surface area contributed by atoms with Gasteiger partial charge < -0.3 is 15.7 Å². The molecular formula is C12H14N4O2. The van der Waals surface area contributed by atoms with Crippen LogP contribution in [0.3, 0.4) is 0 Å². The van der Waals surface area contributed by atoms with Crippen LogP contribution >= 0.6 is 0 Å². The molecule has 2 rings (SSSR count). The van der Waals surface area contributed by atoms with E-state index in [1.807, 2.05) is 25.1 Å². The highest BCUT2D eigenvalue weighted by Gasteiger charge is 2.09. The van der Waals surface area contributed by atoms with Crippen molar-refractivity contribution in [2.75, 3.05) is 6.61 Å². The lowest BCUT2D eigenvalue weighted by Crippen LogP contribution is -2.16. The van der Waals surface area contributed by atoms with Gasteiger partial charge in [-0.1, -0.05) is 17.3 Å². The van der Waals surface area contributed by atoms with Gasteiger partial charge in [-0.2, -0.15) is 5.10 Å². The number of para-hydroxylation sites is 1. The minimum absolute atomic E-state index is 0.0408. The number of oxime groups is 1. The molecule has 1 aromatic carbocycles. The molecule has 0 aliphatic carbocycles. The summed E-state index contributed by atoms with van der Waals surface area (Å²) in [7, 11) is 0. The summed E-state index contributed by atoms with van der Waals surface area (Å²) >= 11 is 0. The molecule has 0 aliphatic heterocycles. The van der Waals surface area contributed by atoms with Crippen LogP contribution < -0.4 is 10.5 Å². The average Bonchev–Trinajstić information content (AvgIpc) is 2.87. The molecule has 18 heavy (non-hydrogen) atoms. The van der Waals surface area contributed by atoms with E-state index in [1.165, 1.54) is 0 Å². The molecule has 0 unspecified atom stereocenters. The van der Waals surface area contributed by atoms with Gasteiger partial charge in [0.15, 0.2) is 11.6 Å². The second kappa shape index (κ2) is 5.22. The van der Waals surface area contributed by atoms with Gasteiger partial charge in [-0.3, -0.25) is 0 Å². The summed E-state index contributed by atoms with van der Waals surface area (Å²) in [6.45, 7) is 2.48. The third-order valence-corrected chi connectivity index (χ3v) is 2.40. The molecule has 6 nitrogen and oxygen atoms in total. The number of nitrogens with two attached hydrogens (primary N) is 1. The number of amidine groups is 1. The van der Waals surface area contributed by atoms with Crippen LogP contribution in [0.25, 0.3) is 5.69 Å². The summed E-state index contributed by atoms with van der Waals surface area (Å²) in [5.74, 6) is 0.714. The average molecular weight is 246 g/mol. The third kappa shape index (κ3) is 2.27. The quantitative estimate of drug-likeness (QED) is 0.369. The molecule has 0 atom stereocenters. The molecule has 0 radical (unpaired) electrons. The van der Waals surface area contributed by atoms with Gasteiger partial charge in [0.25, 0.3) is 0 Å². The van der Waals surface area contributed by atoms with E-state index in [9.17, 15) is 0 Å². The van der Waals surface area contributed by atoms with Crippen molar-refractivity contribution in [3.8, 4) is 11.4 Å². The van der Waals surface area contributed by atoms with Crippen LogP contribution in [0.1, 0.15) is 12.5 Å². The maximum atomic E-state index is 8.76. The summed E-state index contributed by atoms with van der Waals surface area (Å²) in [5.41, 5.74) is 6.95. The Balaban J connectivity index is 2.43. The van der Waals surface area contributed by atoms with Gasteiger partial charge in [-0.25, -0.2) is 4.68 Å². The van der Waals surface area contributed by atoms with Gasteiger partial charge in [-0.05, 0) is 19.1 Å². The Kier molecular flexibility index (Phi) is 3.47. The van der Waals surface area contributed by atoms with E-state index in [0.29, 0.717) is 17.9 Å². The Hall–Kier alpha value is -2.50. The van der Waals surface area contributed by atoms with E-state index in [0.717, 1.165) is 5.69 Å². The van der Waals surface area contributed by atoms with Crippen LogP contribution in [0.15, 0.2) is 41.8 Å². The van der Waals surface area contributed by atoms with E-state index < -0.39 is 0 Å². The lowest BCUT2D eigenvalue weighted by atomic mass is 10.1. The highest BCUT2D eigenvalue weighted by Crippen LogP contribution is 2.17. The molecule has 0 fully saturated rings. The first kappa shape index (κ1) is 12.0. The van der Waals surface area contributed by atoms with Crippen molar-refractivity contribution in [2.45, 2.75) is 6.92 Å². The minimum Gasteiger partial charge on any atom is -0.491 e. The largest absolute Gasteiger partial charge is 0.491 e. The number of aromatic nitrogens is 2. The first-order valence-corrected chi connectivity index (χ1v) is 5.51. The molecule has 2 aromatic rings. The third-order valence-electron chi connectivity index (χ3n) is 2.40. The van der Waals surface area contributed by atoms with Crippen LogP contribution in [-0.2, 0) is 0 Å². The zero-order chi connectivity index (χ0) is 13.0. The number of ether oxygens (including phenoxy) is 1. The fourth-order valence-corrected chi connectivity index (χ4v) is 1.62. The first-order valence-electron chi connectivity index (χ1n) is 5.51. The highest BCUT2D eigenvalue weighted by molar-refractivity contribution is 6.00. The van der Waals surface area contributed by atoms with Gasteiger partial charge in [0.1, 0.15) is 0 Å².